The molecule has 0 spiro atoms. The fraction of sp³-hybridized carbons (Fsp3) is 0.100. The molecule has 0 radical (unpaired) electrons. The Labute approximate surface area is 71.2 Å². The van der Waals surface area contributed by atoms with E-state index in [-0.39, 0.29) is 5.78 Å². The number of hydrogen-bond acceptors (Lipinski definition) is 2. The summed E-state index contributed by atoms with van der Waals surface area (Å²) in [4.78, 5) is 11.3. The first-order valence-corrected chi connectivity index (χ1v) is 3.66. The molecule has 2 nitrogen and oxygen atoms in total. The van der Waals surface area contributed by atoms with E-state index in [0.29, 0.717) is 11.1 Å². The van der Waals surface area contributed by atoms with Crippen LogP contribution in [-0.4, -0.2) is 10.9 Å². The Balaban J connectivity index is 2.94. The summed E-state index contributed by atoms with van der Waals surface area (Å²) >= 11 is 0. The standard InChI is InChI=1S/C10H10O2/c1-8(7-11)10(12)9-5-3-2-4-6-9/h2-7,11H,1H3. The third-order valence-corrected chi connectivity index (χ3v) is 1.59. The van der Waals surface area contributed by atoms with Gasteiger partial charge in [0.15, 0.2) is 5.78 Å². The van der Waals surface area contributed by atoms with E-state index in [4.69, 9.17) is 5.11 Å². The van der Waals surface area contributed by atoms with Crippen LogP contribution in [0.5, 0.6) is 0 Å². The van der Waals surface area contributed by atoms with Crippen LogP contribution in [-0.2, 0) is 0 Å². The number of hydrogen-bond donors (Lipinski definition) is 1. The van der Waals surface area contributed by atoms with Crippen molar-refractivity contribution in [3.8, 4) is 0 Å². The third-order valence-electron chi connectivity index (χ3n) is 1.59. The first kappa shape index (κ1) is 8.53. The summed E-state index contributed by atoms with van der Waals surface area (Å²) in [6, 6.07) is 8.86. The molecule has 0 amide bonds. The molecule has 0 heterocycles. The molecule has 0 aliphatic heterocycles. The number of rotatable bonds is 2. The Kier molecular flexibility index (Phi) is 2.64. The van der Waals surface area contributed by atoms with Crippen LogP contribution in [0, 0.1) is 0 Å². The molecule has 0 aliphatic rings. The number of aliphatic hydroxyl groups excluding tert-OH is 1. The molecule has 0 aromatic heterocycles. The van der Waals surface area contributed by atoms with Gasteiger partial charge in [-0.2, -0.15) is 0 Å². The quantitative estimate of drug-likeness (QED) is 0.411. The number of aliphatic hydroxyl groups is 1. The number of ketones is 1. The van der Waals surface area contributed by atoms with Crippen LogP contribution in [0.15, 0.2) is 42.2 Å². The van der Waals surface area contributed by atoms with Crippen molar-refractivity contribution in [3.05, 3.63) is 47.7 Å². The predicted molar refractivity (Wildman–Crippen MR) is 47.2 cm³/mol. The number of carbonyl (C=O) groups excluding carboxylic acids is 1. The van der Waals surface area contributed by atoms with Gasteiger partial charge in [-0.25, -0.2) is 0 Å². The first-order chi connectivity index (χ1) is 5.75. The first-order valence-electron chi connectivity index (χ1n) is 3.66. The van der Waals surface area contributed by atoms with Crippen LogP contribution < -0.4 is 0 Å². The van der Waals surface area contributed by atoms with Crippen LogP contribution in [0.25, 0.3) is 0 Å². The van der Waals surface area contributed by atoms with Gasteiger partial charge in [-0.1, -0.05) is 30.3 Å². The second kappa shape index (κ2) is 3.72. The largest absolute Gasteiger partial charge is 0.515 e. The van der Waals surface area contributed by atoms with Crippen LogP contribution in [0.1, 0.15) is 17.3 Å². The molecule has 0 saturated heterocycles. The molecule has 0 saturated carbocycles. The van der Waals surface area contributed by atoms with E-state index in [2.05, 4.69) is 0 Å². The van der Waals surface area contributed by atoms with Crippen molar-refractivity contribution in [2.75, 3.05) is 0 Å². The van der Waals surface area contributed by atoms with Crippen LogP contribution in [0.4, 0.5) is 0 Å². The normalized spacial score (nSPS) is 11.2. The number of benzene rings is 1. The highest BCUT2D eigenvalue weighted by atomic mass is 16.2. The second-order valence-electron chi connectivity index (χ2n) is 2.51. The van der Waals surface area contributed by atoms with Gasteiger partial charge < -0.3 is 5.11 Å². The lowest BCUT2D eigenvalue weighted by atomic mass is 10.1. The molecular weight excluding hydrogens is 152 g/mol. The van der Waals surface area contributed by atoms with Gasteiger partial charge in [-0.05, 0) is 6.92 Å². The highest BCUT2D eigenvalue weighted by Crippen LogP contribution is 2.06. The van der Waals surface area contributed by atoms with Gasteiger partial charge in [0.25, 0.3) is 0 Å². The van der Waals surface area contributed by atoms with Gasteiger partial charge in [0.2, 0.25) is 0 Å². The van der Waals surface area contributed by atoms with E-state index in [1.165, 1.54) is 0 Å². The molecule has 0 bridgehead atoms. The predicted octanol–water partition coefficient (Wildman–Crippen LogP) is 2.33. The van der Waals surface area contributed by atoms with Crippen molar-refractivity contribution in [2.45, 2.75) is 6.92 Å². The summed E-state index contributed by atoms with van der Waals surface area (Å²) in [5.41, 5.74) is 0.946. The molecule has 12 heavy (non-hydrogen) atoms. The third kappa shape index (κ3) is 1.72. The molecule has 1 aromatic rings. The molecule has 0 unspecified atom stereocenters. The highest BCUT2D eigenvalue weighted by Gasteiger charge is 2.05. The zero-order valence-electron chi connectivity index (χ0n) is 6.82. The molecular formula is C10H10O2. The lowest BCUT2D eigenvalue weighted by Crippen LogP contribution is -1.99. The van der Waals surface area contributed by atoms with Crippen LogP contribution in [0.2, 0.25) is 0 Å². The Morgan fingerprint density at radius 1 is 1.33 bits per heavy atom. The van der Waals surface area contributed by atoms with Crippen molar-refractivity contribution in [1.82, 2.24) is 0 Å². The monoisotopic (exact) mass is 162 g/mol. The highest BCUT2D eigenvalue weighted by molar-refractivity contribution is 6.08. The van der Waals surface area contributed by atoms with E-state index in [1.807, 2.05) is 6.07 Å². The molecule has 1 aromatic carbocycles. The molecule has 0 fully saturated rings. The van der Waals surface area contributed by atoms with Gasteiger partial charge in [0.05, 0.1) is 6.26 Å². The molecule has 0 atom stereocenters. The number of carbonyl (C=O) groups is 1. The van der Waals surface area contributed by atoms with Crippen molar-refractivity contribution in [2.24, 2.45) is 0 Å². The maximum absolute atomic E-state index is 11.3. The Morgan fingerprint density at radius 3 is 2.42 bits per heavy atom. The van der Waals surface area contributed by atoms with E-state index < -0.39 is 0 Å². The Morgan fingerprint density at radius 2 is 1.92 bits per heavy atom. The summed E-state index contributed by atoms with van der Waals surface area (Å²) < 4.78 is 0. The second-order valence-corrected chi connectivity index (χ2v) is 2.51. The van der Waals surface area contributed by atoms with E-state index >= 15 is 0 Å². The smallest absolute Gasteiger partial charge is 0.191 e. The fourth-order valence-corrected chi connectivity index (χ4v) is 0.876. The summed E-state index contributed by atoms with van der Waals surface area (Å²) in [6.07, 6.45) is 0.829. The van der Waals surface area contributed by atoms with Crippen molar-refractivity contribution in [3.63, 3.8) is 0 Å². The maximum atomic E-state index is 11.3. The average Bonchev–Trinajstić information content (AvgIpc) is 2.17. The number of Topliss-reactive ketones (excluding diaryl/α,β-unsaturated/α-hetero) is 1. The topological polar surface area (TPSA) is 37.3 Å². The SMILES string of the molecule is CC(=CO)C(=O)c1ccccc1. The zero-order valence-corrected chi connectivity index (χ0v) is 6.82. The summed E-state index contributed by atoms with van der Waals surface area (Å²) in [5, 5.41) is 8.58. The minimum Gasteiger partial charge on any atom is -0.515 e. The summed E-state index contributed by atoms with van der Waals surface area (Å²) in [5.74, 6) is -0.141. The minimum absolute atomic E-state index is 0.141. The molecule has 0 aliphatic carbocycles. The minimum atomic E-state index is -0.141. The lowest BCUT2D eigenvalue weighted by Gasteiger charge is -1.97. The van der Waals surface area contributed by atoms with Crippen molar-refractivity contribution < 1.29 is 9.90 Å². The molecule has 2 heteroatoms. The fourth-order valence-electron chi connectivity index (χ4n) is 0.876. The van der Waals surface area contributed by atoms with E-state index in [0.717, 1.165) is 6.26 Å². The Bertz CT molecular complexity index is 299. The van der Waals surface area contributed by atoms with Crippen LogP contribution >= 0.6 is 0 Å². The maximum Gasteiger partial charge on any atom is 0.191 e. The van der Waals surface area contributed by atoms with E-state index in [9.17, 15) is 4.79 Å². The molecule has 1 rings (SSSR count). The Hall–Kier alpha value is -1.57. The van der Waals surface area contributed by atoms with Gasteiger partial charge in [0.1, 0.15) is 0 Å². The lowest BCUT2D eigenvalue weighted by molar-refractivity contribution is 0.103. The van der Waals surface area contributed by atoms with Gasteiger partial charge in [-0.15, -0.1) is 0 Å². The average molecular weight is 162 g/mol. The van der Waals surface area contributed by atoms with Gasteiger partial charge >= 0.3 is 0 Å². The summed E-state index contributed by atoms with van der Waals surface area (Å²) in [6.45, 7) is 1.58. The van der Waals surface area contributed by atoms with Gasteiger partial charge in [-0.3, -0.25) is 4.79 Å². The van der Waals surface area contributed by atoms with Crippen LogP contribution in [0.3, 0.4) is 0 Å². The van der Waals surface area contributed by atoms with E-state index in [1.54, 1.807) is 31.2 Å². The molecule has 1 N–H and O–H groups in total. The zero-order chi connectivity index (χ0) is 8.97. The summed E-state index contributed by atoms with van der Waals surface area (Å²) in [7, 11) is 0. The molecule has 62 valence electrons. The van der Waals surface area contributed by atoms with Crippen molar-refractivity contribution in [1.29, 1.82) is 0 Å². The number of allylic oxidation sites excluding steroid dienone is 1. The van der Waals surface area contributed by atoms with Crippen molar-refractivity contribution >= 4 is 5.78 Å². The van der Waals surface area contributed by atoms with Gasteiger partial charge in [0, 0.05) is 11.1 Å².